The van der Waals surface area contributed by atoms with Crippen LogP contribution in [0.5, 0.6) is 0 Å². The van der Waals surface area contributed by atoms with Crippen molar-refractivity contribution in [3.63, 3.8) is 0 Å². The Bertz CT molecular complexity index is 930. The maximum atomic E-state index is 14.6. The van der Waals surface area contributed by atoms with Crippen LogP contribution in [-0.4, -0.2) is 39.1 Å². The number of thioether (sulfide) groups is 1. The van der Waals surface area contributed by atoms with E-state index in [4.69, 9.17) is 4.42 Å². The molecule has 0 amide bonds. The van der Waals surface area contributed by atoms with Gasteiger partial charge in [0.1, 0.15) is 11.6 Å². The van der Waals surface area contributed by atoms with Gasteiger partial charge >= 0.3 is 0 Å². The fourth-order valence-corrected chi connectivity index (χ4v) is 4.79. The summed E-state index contributed by atoms with van der Waals surface area (Å²) >= 11 is 1.29. The Labute approximate surface area is 185 Å². The van der Waals surface area contributed by atoms with Crippen molar-refractivity contribution in [1.29, 1.82) is 0 Å². The predicted octanol–water partition coefficient (Wildman–Crippen LogP) is 4.69. The topological polar surface area (TPSA) is 63.4 Å². The van der Waals surface area contributed by atoms with Crippen molar-refractivity contribution in [2.24, 2.45) is 5.92 Å². The third kappa shape index (κ3) is 5.20. The first-order valence-corrected chi connectivity index (χ1v) is 10.7. The lowest BCUT2D eigenvalue weighted by molar-refractivity contribution is -0.126. The normalized spacial score (nSPS) is 21.8. The van der Waals surface area contributed by atoms with Crippen LogP contribution in [-0.2, 0) is 9.59 Å². The maximum absolute atomic E-state index is 14.6. The Morgan fingerprint density at radius 1 is 1.30 bits per heavy atom. The van der Waals surface area contributed by atoms with E-state index >= 15 is 0 Å². The summed E-state index contributed by atoms with van der Waals surface area (Å²) in [6, 6.07) is 5.92. The number of Topliss-reactive ketones (excluding diaryl/α,β-unsaturated/α-hetero) is 1. The van der Waals surface area contributed by atoms with Crippen molar-refractivity contribution in [1.82, 2.24) is 9.88 Å². The van der Waals surface area contributed by atoms with Gasteiger partial charge in [-0.3, -0.25) is 14.5 Å². The van der Waals surface area contributed by atoms with Crippen LogP contribution in [0.2, 0.25) is 0 Å². The van der Waals surface area contributed by atoms with Gasteiger partial charge in [-0.2, -0.15) is 0 Å². The SMILES string of the molecule is CC(=O)SC1CCN(C(C(=O)C2CC2)c2ccccc2F)C/C1=C\c1cnco1.Cl. The van der Waals surface area contributed by atoms with Crippen molar-refractivity contribution in [3.8, 4) is 0 Å². The van der Waals surface area contributed by atoms with E-state index in [2.05, 4.69) is 4.98 Å². The molecule has 2 atom stereocenters. The highest BCUT2D eigenvalue weighted by Gasteiger charge is 2.41. The van der Waals surface area contributed by atoms with Crippen LogP contribution in [0.3, 0.4) is 0 Å². The zero-order chi connectivity index (χ0) is 20.4. The number of hydrogen-bond donors (Lipinski definition) is 0. The minimum absolute atomic E-state index is 0. The van der Waals surface area contributed by atoms with E-state index in [1.54, 1.807) is 31.3 Å². The number of rotatable bonds is 6. The number of ketones is 1. The van der Waals surface area contributed by atoms with Crippen molar-refractivity contribution in [2.45, 2.75) is 37.5 Å². The molecule has 8 heteroatoms. The molecule has 1 aliphatic heterocycles. The predicted molar refractivity (Wildman–Crippen MR) is 117 cm³/mol. The van der Waals surface area contributed by atoms with Gasteiger partial charge in [0, 0.05) is 36.7 Å². The molecule has 2 aliphatic rings. The first kappa shape index (κ1) is 22.7. The number of aromatic nitrogens is 1. The van der Waals surface area contributed by atoms with E-state index in [-0.39, 0.29) is 40.3 Å². The second-order valence-electron chi connectivity index (χ2n) is 7.58. The van der Waals surface area contributed by atoms with Crippen LogP contribution in [0, 0.1) is 11.7 Å². The van der Waals surface area contributed by atoms with Crippen LogP contribution < -0.4 is 0 Å². The van der Waals surface area contributed by atoms with E-state index in [9.17, 15) is 14.0 Å². The molecular formula is C22H24ClFN2O3S. The fraction of sp³-hybridized carbons (Fsp3) is 0.409. The van der Waals surface area contributed by atoms with Crippen molar-refractivity contribution < 1.29 is 18.4 Å². The van der Waals surface area contributed by atoms with E-state index in [1.807, 2.05) is 11.0 Å². The Balaban J connectivity index is 0.00000256. The Morgan fingerprint density at radius 2 is 2.07 bits per heavy atom. The van der Waals surface area contributed by atoms with Gasteiger partial charge in [-0.05, 0) is 37.0 Å². The molecule has 160 valence electrons. The van der Waals surface area contributed by atoms with Gasteiger partial charge in [0.15, 0.2) is 17.3 Å². The summed E-state index contributed by atoms with van der Waals surface area (Å²) in [5, 5.41) is 0.0535. The van der Waals surface area contributed by atoms with Gasteiger partial charge < -0.3 is 4.42 Å². The standard InChI is InChI=1S/C22H23FN2O3S.ClH/c1-14(26)29-20-8-9-25(12-16(20)10-17-11-24-13-28-17)21(22(27)15-6-7-15)18-4-2-3-5-19(18)23;/h2-5,10-11,13,15,20-21H,6-9,12H2,1H3;1H/b16-10+;. The number of halogens is 2. The maximum Gasteiger partial charge on any atom is 0.186 e. The second kappa shape index (κ2) is 9.90. The molecule has 0 radical (unpaired) electrons. The van der Waals surface area contributed by atoms with Gasteiger partial charge in [-0.1, -0.05) is 30.0 Å². The number of nitrogens with zero attached hydrogens (tertiary/aromatic N) is 2. The molecule has 4 rings (SSSR count). The number of benzene rings is 1. The summed E-state index contributed by atoms with van der Waals surface area (Å²) in [7, 11) is 0. The van der Waals surface area contributed by atoms with Crippen LogP contribution in [0.4, 0.5) is 4.39 Å². The van der Waals surface area contributed by atoms with Gasteiger partial charge in [-0.15, -0.1) is 12.4 Å². The lowest BCUT2D eigenvalue weighted by atomic mass is 9.93. The summed E-state index contributed by atoms with van der Waals surface area (Å²) < 4.78 is 20.0. The molecule has 2 aromatic rings. The summed E-state index contributed by atoms with van der Waals surface area (Å²) in [5.74, 6) is 0.358. The minimum Gasteiger partial charge on any atom is -0.444 e. The smallest absolute Gasteiger partial charge is 0.186 e. The molecule has 30 heavy (non-hydrogen) atoms. The monoisotopic (exact) mass is 450 g/mol. The summed E-state index contributed by atoms with van der Waals surface area (Å²) in [4.78, 5) is 30.8. The Kier molecular flexibility index (Phi) is 7.50. The number of carbonyl (C=O) groups is 2. The molecule has 2 heterocycles. The largest absolute Gasteiger partial charge is 0.444 e. The molecule has 0 spiro atoms. The van der Waals surface area contributed by atoms with Crippen LogP contribution >= 0.6 is 24.2 Å². The average Bonchev–Trinajstić information content (AvgIpc) is 3.42. The molecule has 1 saturated carbocycles. The molecule has 1 aromatic heterocycles. The van der Waals surface area contributed by atoms with Crippen molar-refractivity contribution in [2.75, 3.05) is 13.1 Å². The van der Waals surface area contributed by atoms with Gasteiger partial charge in [0.25, 0.3) is 0 Å². The molecule has 2 unspecified atom stereocenters. The minimum atomic E-state index is -0.606. The summed E-state index contributed by atoms with van der Waals surface area (Å²) in [5.41, 5.74) is 1.42. The average molecular weight is 451 g/mol. The number of carbonyl (C=O) groups excluding carboxylic acids is 2. The zero-order valence-corrected chi connectivity index (χ0v) is 18.3. The van der Waals surface area contributed by atoms with Crippen molar-refractivity contribution in [3.05, 3.63) is 59.6 Å². The van der Waals surface area contributed by atoms with Crippen LogP contribution in [0.15, 0.2) is 46.8 Å². The van der Waals surface area contributed by atoms with E-state index in [1.165, 1.54) is 24.2 Å². The number of oxazole rings is 1. The highest BCUT2D eigenvalue weighted by atomic mass is 35.5. The van der Waals surface area contributed by atoms with E-state index in [0.29, 0.717) is 30.8 Å². The first-order valence-electron chi connectivity index (χ1n) is 9.81. The first-order chi connectivity index (χ1) is 14.0. The highest BCUT2D eigenvalue weighted by molar-refractivity contribution is 8.14. The molecule has 1 aliphatic carbocycles. The molecule has 0 bridgehead atoms. The number of hydrogen-bond acceptors (Lipinski definition) is 6. The lowest BCUT2D eigenvalue weighted by Crippen LogP contribution is -2.43. The zero-order valence-electron chi connectivity index (χ0n) is 16.6. The van der Waals surface area contributed by atoms with E-state index < -0.39 is 6.04 Å². The molecule has 1 saturated heterocycles. The molecule has 2 fully saturated rings. The van der Waals surface area contributed by atoms with Gasteiger partial charge in [0.05, 0.1) is 12.2 Å². The molecular weight excluding hydrogens is 427 g/mol. The fourth-order valence-electron chi connectivity index (χ4n) is 3.88. The number of likely N-dealkylation sites (tertiary alicyclic amines) is 1. The second-order valence-corrected chi connectivity index (χ2v) is 8.96. The van der Waals surface area contributed by atoms with E-state index in [0.717, 1.165) is 18.4 Å². The van der Waals surface area contributed by atoms with Crippen molar-refractivity contribution >= 4 is 41.1 Å². The highest BCUT2D eigenvalue weighted by Crippen LogP contribution is 2.40. The molecule has 0 N–H and O–H groups in total. The van der Waals surface area contributed by atoms with Gasteiger partial charge in [-0.25, -0.2) is 9.37 Å². The van der Waals surface area contributed by atoms with Gasteiger partial charge in [0.2, 0.25) is 0 Å². The summed E-state index contributed by atoms with van der Waals surface area (Å²) in [6.45, 7) is 2.65. The summed E-state index contributed by atoms with van der Waals surface area (Å²) in [6.07, 6.45) is 7.32. The van der Waals surface area contributed by atoms with Crippen LogP contribution in [0.25, 0.3) is 6.08 Å². The lowest BCUT2D eigenvalue weighted by Gasteiger charge is -2.38. The molecule has 1 aromatic carbocycles. The Morgan fingerprint density at radius 3 is 2.70 bits per heavy atom. The molecule has 5 nitrogen and oxygen atoms in total. The Hall–Kier alpha value is -1.96. The number of piperidine rings is 1. The third-order valence-electron chi connectivity index (χ3n) is 5.38. The van der Waals surface area contributed by atoms with Crippen LogP contribution in [0.1, 0.15) is 43.6 Å². The third-order valence-corrected chi connectivity index (χ3v) is 6.53. The quantitative estimate of drug-likeness (QED) is 0.636.